The minimum Gasteiger partial charge on any atom is -0.322 e. The molecule has 150 valence electrons. The molecule has 0 fully saturated rings. The second-order valence-electron chi connectivity index (χ2n) is 7.76. The van der Waals surface area contributed by atoms with Crippen LogP contribution in [0, 0.1) is 20.8 Å². The molecule has 0 saturated carbocycles. The first-order valence-corrected chi connectivity index (χ1v) is 9.99. The molecule has 0 atom stereocenters. The Morgan fingerprint density at radius 1 is 0.867 bits per heavy atom. The molecule has 1 amide bonds. The van der Waals surface area contributed by atoms with Crippen molar-refractivity contribution in [3.05, 3.63) is 111 Å². The van der Waals surface area contributed by atoms with Crippen LogP contribution in [0.1, 0.15) is 32.6 Å². The number of fused-ring (bicyclic) bond motifs is 1. The maximum absolute atomic E-state index is 13.4. The third-order valence-corrected chi connectivity index (χ3v) is 5.32. The average molecular weight is 396 g/mol. The van der Waals surface area contributed by atoms with E-state index in [2.05, 4.69) is 4.98 Å². The van der Waals surface area contributed by atoms with Crippen molar-refractivity contribution in [1.29, 1.82) is 0 Å². The van der Waals surface area contributed by atoms with Gasteiger partial charge in [-0.15, -0.1) is 0 Å². The van der Waals surface area contributed by atoms with Gasteiger partial charge in [0.2, 0.25) is 0 Å². The summed E-state index contributed by atoms with van der Waals surface area (Å²) >= 11 is 0. The zero-order chi connectivity index (χ0) is 21.3. The molecule has 1 heterocycles. The van der Waals surface area contributed by atoms with E-state index in [9.17, 15) is 9.59 Å². The lowest BCUT2D eigenvalue weighted by Gasteiger charge is -2.25. The third kappa shape index (κ3) is 3.90. The highest BCUT2D eigenvalue weighted by Crippen LogP contribution is 2.25. The molecule has 1 N–H and O–H groups in total. The van der Waals surface area contributed by atoms with E-state index in [1.54, 1.807) is 17.0 Å². The van der Waals surface area contributed by atoms with Gasteiger partial charge in [-0.1, -0.05) is 48.0 Å². The van der Waals surface area contributed by atoms with E-state index in [0.29, 0.717) is 11.1 Å². The largest absolute Gasteiger partial charge is 0.322 e. The predicted molar refractivity (Wildman–Crippen MR) is 122 cm³/mol. The van der Waals surface area contributed by atoms with Crippen molar-refractivity contribution in [2.45, 2.75) is 27.3 Å². The quantitative estimate of drug-likeness (QED) is 0.509. The van der Waals surface area contributed by atoms with Gasteiger partial charge in [-0.3, -0.25) is 9.59 Å². The van der Waals surface area contributed by atoms with E-state index in [1.165, 1.54) is 0 Å². The molecule has 0 aliphatic carbocycles. The summed E-state index contributed by atoms with van der Waals surface area (Å²) in [4.78, 5) is 30.9. The van der Waals surface area contributed by atoms with Crippen LogP contribution in [0.25, 0.3) is 10.9 Å². The Morgan fingerprint density at radius 3 is 2.30 bits per heavy atom. The number of anilines is 1. The number of carbonyl (C=O) groups excluding carboxylic acids is 1. The first-order valence-electron chi connectivity index (χ1n) is 9.99. The highest BCUT2D eigenvalue weighted by atomic mass is 16.2. The molecule has 0 aliphatic heterocycles. The summed E-state index contributed by atoms with van der Waals surface area (Å²) < 4.78 is 0. The van der Waals surface area contributed by atoms with Crippen LogP contribution in [-0.2, 0) is 6.54 Å². The van der Waals surface area contributed by atoms with E-state index < -0.39 is 0 Å². The van der Waals surface area contributed by atoms with Gasteiger partial charge in [0, 0.05) is 22.3 Å². The van der Waals surface area contributed by atoms with Crippen molar-refractivity contribution < 1.29 is 4.79 Å². The van der Waals surface area contributed by atoms with Crippen molar-refractivity contribution in [2.24, 2.45) is 0 Å². The number of aromatic amines is 1. The van der Waals surface area contributed by atoms with Crippen LogP contribution in [0.4, 0.5) is 5.69 Å². The fourth-order valence-corrected chi connectivity index (χ4v) is 3.76. The first kappa shape index (κ1) is 19.6. The molecule has 30 heavy (non-hydrogen) atoms. The molecule has 0 radical (unpaired) electrons. The van der Waals surface area contributed by atoms with Crippen LogP contribution in [0.3, 0.4) is 0 Å². The number of aryl methyl sites for hydroxylation is 3. The Bertz CT molecular complexity index is 1290. The molecular formula is C26H24N2O2. The summed E-state index contributed by atoms with van der Waals surface area (Å²) in [5.41, 5.74) is 5.77. The zero-order valence-electron chi connectivity index (χ0n) is 17.4. The lowest BCUT2D eigenvalue weighted by atomic mass is 10.1. The number of benzene rings is 3. The van der Waals surface area contributed by atoms with Gasteiger partial charge >= 0.3 is 0 Å². The van der Waals surface area contributed by atoms with Crippen molar-refractivity contribution in [3.8, 4) is 0 Å². The van der Waals surface area contributed by atoms with E-state index >= 15 is 0 Å². The Hall–Kier alpha value is -3.66. The Kier molecular flexibility index (Phi) is 5.23. The van der Waals surface area contributed by atoms with Crippen molar-refractivity contribution >= 4 is 22.5 Å². The monoisotopic (exact) mass is 396 g/mol. The molecular weight excluding hydrogens is 372 g/mol. The van der Waals surface area contributed by atoms with Gasteiger partial charge in [-0.2, -0.15) is 0 Å². The van der Waals surface area contributed by atoms with Crippen molar-refractivity contribution in [2.75, 3.05) is 4.90 Å². The molecule has 4 aromatic rings. The number of pyridine rings is 1. The minimum atomic E-state index is -0.177. The van der Waals surface area contributed by atoms with Crippen LogP contribution in [0.2, 0.25) is 0 Å². The lowest BCUT2D eigenvalue weighted by molar-refractivity contribution is 0.0985. The van der Waals surface area contributed by atoms with Crippen molar-refractivity contribution in [1.82, 2.24) is 4.98 Å². The van der Waals surface area contributed by atoms with Crippen molar-refractivity contribution in [3.63, 3.8) is 0 Å². The third-order valence-electron chi connectivity index (χ3n) is 5.32. The van der Waals surface area contributed by atoms with Gasteiger partial charge in [0.25, 0.3) is 11.5 Å². The zero-order valence-corrected chi connectivity index (χ0v) is 17.4. The summed E-state index contributed by atoms with van der Waals surface area (Å²) in [5.74, 6) is -0.133. The van der Waals surface area contributed by atoms with Crippen LogP contribution in [-0.4, -0.2) is 10.9 Å². The van der Waals surface area contributed by atoms with Gasteiger partial charge in [0.1, 0.15) is 0 Å². The normalized spacial score (nSPS) is 10.9. The molecule has 0 saturated heterocycles. The van der Waals surface area contributed by atoms with Gasteiger partial charge in [-0.25, -0.2) is 0 Å². The van der Waals surface area contributed by atoms with Crippen LogP contribution < -0.4 is 10.5 Å². The smallest absolute Gasteiger partial charge is 0.258 e. The summed E-state index contributed by atoms with van der Waals surface area (Å²) in [6, 6.07) is 23.0. The lowest BCUT2D eigenvalue weighted by Crippen LogP contribution is -2.33. The molecule has 4 heteroatoms. The number of carbonyl (C=O) groups is 1. The maximum Gasteiger partial charge on any atom is 0.258 e. The van der Waals surface area contributed by atoms with Gasteiger partial charge in [0.15, 0.2) is 0 Å². The molecule has 0 unspecified atom stereocenters. The number of rotatable bonds is 4. The van der Waals surface area contributed by atoms with E-state index in [4.69, 9.17) is 0 Å². The predicted octanol–water partition coefficient (Wildman–Crippen LogP) is 5.30. The number of hydrogen-bond donors (Lipinski definition) is 1. The summed E-state index contributed by atoms with van der Waals surface area (Å²) in [6.45, 7) is 6.19. The SMILES string of the molecule is Cc1ccc(N(Cc2cc3ccc(C)cc3[nH]c2=O)C(=O)c2ccccc2)c(C)c1. The van der Waals surface area contributed by atoms with E-state index in [1.807, 2.05) is 81.4 Å². The fraction of sp³-hybridized carbons (Fsp3) is 0.154. The molecule has 0 bridgehead atoms. The van der Waals surface area contributed by atoms with E-state index in [-0.39, 0.29) is 18.0 Å². The number of amides is 1. The standard InChI is InChI=1S/C26H24N2O2/c1-17-10-12-24(19(3)13-17)28(26(30)20-7-5-4-6-8-20)16-22-15-21-11-9-18(2)14-23(21)27-25(22)29/h4-15H,16H2,1-3H3,(H,27,29). The molecule has 4 rings (SSSR count). The summed E-state index contributed by atoms with van der Waals surface area (Å²) in [7, 11) is 0. The highest BCUT2D eigenvalue weighted by Gasteiger charge is 2.21. The van der Waals surface area contributed by atoms with Crippen LogP contribution in [0.15, 0.2) is 77.6 Å². The highest BCUT2D eigenvalue weighted by molar-refractivity contribution is 6.06. The summed E-state index contributed by atoms with van der Waals surface area (Å²) in [5, 5.41) is 0.947. The molecule has 4 nitrogen and oxygen atoms in total. The Morgan fingerprint density at radius 2 is 1.57 bits per heavy atom. The van der Waals surface area contributed by atoms with Crippen LogP contribution >= 0.6 is 0 Å². The average Bonchev–Trinajstić information content (AvgIpc) is 2.73. The fourth-order valence-electron chi connectivity index (χ4n) is 3.76. The van der Waals surface area contributed by atoms with Gasteiger partial charge in [0.05, 0.1) is 6.54 Å². The second kappa shape index (κ2) is 7.99. The van der Waals surface area contributed by atoms with E-state index in [0.717, 1.165) is 33.3 Å². The molecule has 0 spiro atoms. The minimum absolute atomic E-state index is 0.133. The number of hydrogen-bond acceptors (Lipinski definition) is 2. The molecule has 0 aliphatic rings. The Labute approximate surface area is 175 Å². The van der Waals surface area contributed by atoms with Gasteiger partial charge < -0.3 is 9.88 Å². The summed E-state index contributed by atoms with van der Waals surface area (Å²) in [6.07, 6.45) is 0. The molecule has 1 aromatic heterocycles. The molecule has 3 aromatic carbocycles. The first-order chi connectivity index (χ1) is 14.4. The Balaban J connectivity index is 1.81. The number of nitrogens with zero attached hydrogens (tertiary/aromatic N) is 1. The topological polar surface area (TPSA) is 53.2 Å². The maximum atomic E-state index is 13.4. The number of aromatic nitrogens is 1. The van der Waals surface area contributed by atoms with Gasteiger partial charge in [-0.05, 0) is 67.6 Å². The number of nitrogens with one attached hydrogen (secondary N) is 1. The second-order valence-corrected chi connectivity index (χ2v) is 7.76. The number of H-pyrrole nitrogens is 1. The van der Waals surface area contributed by atoms with Crippen LogP contribution in [0.5, 0.6) is 0 Å².